The first-order valence-electron chi connectivity index (χ1n) is 5.83. The van der Waals surface area contributed by atoms with E-state index in [0.29, 0.717) is 6.54 Å². The number of rotatable bonds is 5. The van der Waals surface area contributed by atoms with E-state index in [1.54, 1.807) is 0 Å². The van der Waals surface area contributed by atoms with Gasteiger partial charge in [0.2, 0.25) is 5.88 Å². The lowest BCUT2D eigenvalue weighted by atomic mass is 10.3. The van der Waals surface area contributed by atoms with Crippen LogP contribution in [-0.4, -0.2) is 16.5 Å². The van der Waals surface area contributed by atoms with Crippen molar-refractivity contribution in [2.24, 2.45) is 0 Å². The highest BCUT2D eigenvalue weighted by Crippen LogP contribution is 2.23. The molecule has 1 heterocycles. The molecule has 6 heteroatoms. The predicted molar refractivity (Wildman–Crippen MR) is 65.8 cm³/mol. The summed E-state index contributed by atoms with van der Waals surface area (Å²) in [5.41, 5.74) is 0.744. The number of hydrogen-bond acceptors (Lipinski definition) is 4. The molecule has 0 aliphatic rings. The lowest BCUT2D eigenvalue weighted by molar-refractivity contribution is 0.420. The van der Waals surface area contributed by atoms with Gasteiger partial charge < -0.3 is 10.1 Å². The molecule has 1 aromatic carbocycles. The molecule has 0 bridgehead atoms. The Bertz CT molecular complexity index is 546. The Kier molecular flexibility index (Phi) is 4.35. The van der Waals surface area contributed by atoms with Crippen LogP contribution >= 0.6 is 0 Å². The van der Waals surface area contributed by atoms with Gasteiger partial charge in [0.25, 0.3) is 0 Å². The van der Waals surface area contributed by atoms with Crippen LogP contribution in [0.4, 0.5) is 8.78 Å². The zero-order valence-corrected chi connectivity index (χ0v) is 10.4. The SMILES string of the molecule is CCNCc1cnc(Oc2cc(F)ccc2F)cn1. The minimum absolute atomic E-state index is 0.116. The van der Waals surface area contributed by atoms with E-state index in [9.17, 15) is 8.78 Å². The number of nitrogens with one attached hydrogen (secondary N) is 1. The smallest absolute Gasteiger partial charge is 0.237 e. The second kappa shape index (κ2) is 6.19. The molecule has 2 aromatic rings. The van der Waals surface area contributed by atoms with E-state index < -0.39 is 11.6 Å². The molecule has 0 amide bonds. The molecule has 100 valence electrons. The molecular weight excluding hydrogens is 252 g/mol. The van der Waals surface area contributed by atoms with Crippen molar-refractivity contribution in [1.29, 1.82) is 0 Å². The number of nitrogens with zero attached hydrogens (tertiary/aromatic N) is 2. The lowest BCUT2D eigenvalue weighted by Gasteiger charge is -2.06. The summed E-state index contributed by atoms with van der Waals surface area (Å²) < 4.78 is 31.5. The van der Waals surface area contributed by atoms with Crippen LogP contribution in [0.2, 0.25) is 0 Å². The molecule has 1 aromatic heterocycles. The fraction of sp³-hybridized carbons (Fsp3) is 0.231. The topological polar surface area (TPSA) is 47.0 Å². The van der Waals surface area contributed by atoms with Gasteiger partial charge in [0.15, 0.2) is 11.6 Å². The second-order valence-electron chi connectivity index (χ2n) is 3.80. The zero-order valence-electron chi connectivity index (χ0n) is 10.4. The highest BCUT2D eigenvalue weighted by Gasteiger charge is 2.07. The predicted octanol–water partition coefficient (Wildman–Crippen LogP) is 2.66. The summed E-state index contributed by atoms with van der Waals surface area (Å²) in [4.78, 5) is 8.08. The molecule has 0 radical (unpaired) electrons. The number of hydrogen-bond donors (Lipinski definition) is 1. The third-order valence-corrected chi connectivity index (χ3v) is 2.35. The van der Waals surface area contributed by atoms with Crippen molar-refractivity contribution in [3.63, 3.8) is 0 Å². The van der Waals surface area contributed by atoms with E-state index in [0.717, 1.165) is 30.4 Å². The lowest BCUT2D eigenvalue weighted by Crippen LogP contribution is -2.13. The van der Waals surface area contributed by atoms with Crippen molar-refractivity contribution in [2.45, 2.75) is 13.5 Å². The fourth-order valence-electron chi connectivity index (χ4n) is 1.41. The van der Waals surface area contributed by atoms with Gasteiger partial charge in [-0.3, -0.25) is 4.98 Å². The maximum Gasteiger partial charge on any atom is 0.237 e. The van der Waals surface area contributed by atoms with E-state index in [1.165, 1.54) is 12.4 Å². The van der Waals surface area contributed by atoms with Crippen LogP contribution in [0.15, 0.2) is 30.6 Å². The number of halogens is 2. The van der Waals surface area contributed by atoms with Gasteiger partial charge in [-0.05, 0) is 18.7 Å². The molecular formula is C13H13F2N3O. The molecule has 1 N–H and O–H groups in total. The zero-order chi connectivity index (χ0) is 13.7. The molecule has 0 saturated heterocycles. The van der Waals surface area contributed by atoms with Crippen molar-refractivity contribution >= 4 is 0 Å². The Labute approximate surface area is 109 Å². The van der Waals surface area contributed by atoms with E-state index in [2.05, 4.69) is 15.3 Å². The second-order valence-corrected chi connectivity index (χ2v) is 3.80. The van der Waals surface area contributed by atoms with E-state index in [-0.39, 0.29) is 11.6 Å². The molecule has 0 fully saturated rings. The van der Waals surface area contributed by atoms with Crippen molar-refractivity contribution in [3.8, 4) is 11.6 Å². The van der Waals surface area contributed by atoms with Crippen LogP contribution in [0, 0.1) is 11.6 Å². The summed E-state index contributed by atoms with van der Waals surface area (Å²) in [5.74, 6) is -1.33. The van der Waals surface area contributed by atoms with Crippen molar-refractivity contribution in [2.75, 3.05) is 6.54 Å². The Morgan fingerprint density at radius 2 is 2.05 bits per heavy atom. The van der Waals surface area contributed by atoms with Gasteiger partial charge in [-0.25, -0.2) is 13.8 Å². The first-order chi connectivity index (χ1) is 9.19. The molecule has 19 heavy (non-hydrogen) atoms. The van der Waals surface area contributed by atoms with Crippen molar-refractivity contribution < 1.29 is 13.5 Å². The monoisotopic (exact) mass is 265 g/mol. The van der Waals surface area contributed by atoms with Gasteiger partial charge in [0, 0.05) is 12.6 Å². The van der Waals surface area contributed by atoms with E-state index >= 15 is 0 Å². The van der Waals surface area contributed by atoms with Gasteiger partial charge in [-0.1, -0.05) is 6.92 Å². The average Bonchev–Trinajstić information content (AvgIpc) is 2.42. The normalized spacial score (nSPS) is 10.5. The molecule has 2 rings (SSSR count). The van der Waals surface area contributed by atoms with Crippen LogP contribution < -0.4 is 10.1 Å². The minimum Gasteiger partial charge on any atom is -0.434 e. The molecule has 0 spiro atoms. The summed E-state index contributed by atoms with van der Waals surface area (Å²) in [6.45, 7) is 3.41. The first kappa shape index (κ1) is 13.4. The van der Waals surface area contributed by atoms with Crippen LogP contribution in [-0.2, 0) is 6.54 Å². The van der Waals surface area contributed by atoms with Crippen LogP contribution in [0.1, 0.15) is 12.6 Å². The summed E-state index contributed by atoms with van der Waals surface area (Å²) >= 11 is 0. The average molecular weight is 265 g/mol. The largest absolute Gasteiger partial charge is 0.434 e. The number of benzene rings is 1. The van der Waals surface area contributed by atoms with Gasteiger partial charge in [0.1, 0.15) is 5.82 Å². The first-order valence-corrected chi connectivity index (χ1v) is 5.83. The third-order valence-electron chi connectivity index (χ3n) is 2.35. The van der Waals surface area contributed by atoms with Crippen molar-refractivity contribution in [1.82, 2.24) is 15.3 Å². The Hall–Kier alpha value is -2.08. The summed E-state index contributed by atoms with van der Waals surface area (Å²) in [6, 6.07) is 2.98. The third kappa shape index (κ3) is 3.69. The molecule has 0 saturated carbocycles. The molecule has 0 unspecified atom stereocenters. The summed E-state index contributed by atoms with van der Waals surface area (Å²) in [7, 11) is 0. The number of ether oxygens (including phenoxy) is 1. The maximum atomic E-state index is 13.4. The van der Waals surface area contributed by atoms with Crippen LogP contribution in [0.25, 0.3) is 0 Å². The maximum absolute atomic E-state index is 13.4. The van der Waals surface area contributed by atoms with Gasteiger partial charge in [-0.15, -0.1) is 0 Å². The summed E-state index contributed by atoms with van der Waals surface area (Å²) in [5, 5.41) is 3.10. The van der Waals surface area contributed by atoms with Gasteiger partial charge >= 0.3 is 0 Å². The van der Waals surface area contributed by atoms with Crippen molar-refractivity contribution in [3.05, 3.63) is 47.9 Å². The molecule has 0 aliphatic carbocycles. The summed E-state index contributed by atoms with van der Waals surface area (Å²) in [6.07, 6.45) is 2.90. The highest BCUT2D eigenvalue weighted by molar-refractivity contribution is 5.28. The molecule has 0 aliphatic heterocycles. The number of aromatic nitrogens is 2. The van der Waals surface area contributed by atoms with Crippen LogP contribution in [0.5, 0.6) is 11.6 Å². The standard InChI is InChI=1S/C13H13F2N3O/c1-2-16-6-10-7-18-13(8-17-10)19-12-5-9(14)3-4-11(12)15/h3-5,7-8,16H,2,6H2,1H3. The fourth-order valence-corrected chi connectivity index (χ4v) is 1.41. The van der Waals surface area contributed by atoms with Gasteiger partial charge in [-0.2, -0.15) is 0 Å². The van der Waals surface area contributed by atoms with E-state index in [4.69, 9.17) is 4.74 Å². The molecule has 0 atom stereocenters. The van der Waals surface area contributed by atoms with Crippen LogP contribution in [0.3, 0.4) is 0 Å². The Morgan fingerprint density at radius 3 is 2.74 bits per heavy atom. The molecule has 4 nitrogen and oxygen atoms in total. The Balaban J connectivity index is 2.08. The Morgan fingerprint density at radius 1 is 1.21 bits per heavy atom. The van der Waals surface area contributed by atoms with E-state index in [1.807, 2.05) is 6.92 Å². The quantitative estimate of drug-likeness (QED) is 0.902. The minimum atomic E-state index is -0.653. The van der Waals surface area contributed by atoms with Gasteiger partial charge in [0.05, 0.1) is 18.1 Å². The highest BCUT2D eigenvalue weighted by atomic mass is 19.1.